The molecule has 0 atom stereocenters. The van der Waals surface area contributed by atoms with E-state index in [1.165, 1.54) is 12.8 Å². The Balaban J connectivity index is 2.00. The minimum Gasteiger partial charge on any atom is -0.478 e. The molecule has 1 saturated carbocycles. The minimum atomic E-state index is -0.981. The first-order valence-electron chi connectivity index (χ1n) is 7.36. The second-order valence-corrected chi connectivity index (χ2v) is 5.65. The number of hydrogen-bond acceptors (Lipinski definition) is 2. The highest BCUT2D eigenvalue weighted by Crippen LogP contribution is 2.28. The predicted molar refractivity (Wildman–Crippen MR) is 83.1 cm³/mol. The van der Waals surface area contributed by atoms with E-state index in [0.717, 1.165) is 30.0 Å². The van der Waals surface area contributed by atoms with Crippen molar-refractivity contribution >= 4 is 23.6 Å². The van der Waals surface area contributed by atoms with Crippen LogP contribution >= 0.6 is 0 Å². The first-order valence-corrected chi connectivity index (χ1v) is 7.36. The molecule has 1 aromatic rings. The molecule has 4 heteroatoms. The first kappa shape index (κ1) is 15.3. The Morgan fingerprint density at radius 3 is 2.71 bits per heavy atom. The van der Waals surface area contributed by atoms with E-state index >= 15 is 0 Å². The number of anilines is 1. The van der Waals surface area contributed by atoms with Gasteiger partial charge in [0.25, 0.3) is 0 Å². The van der Waals surface area contributed by atoms with Crippen molar-refractivity contribution in [2.45, 2.75) is 39.0 Å². The number of hydrogen-bond donors (Lipinski definition) is 2. The average Bonchev–Trinajstić information content (AvgIpc) is 2.92. The Morgan fingerprint density at radius 1 is 1.33 bits per heavy atom. The van der Waals surface area contributed by atoms with Crippen molar-refractivity contribution in [3.8, 4) is 0 Å². The van der Waals surface area contributed by atoms with Crippen molar-refractivity contribution in [2.24, 2.45) is 5.92 Å². The van der Waals surface area contributed by atoms with Crippen LogP contribution in [0.5, 0.6) is 0 Å². The summed E-state index contributed by atoms with van der Waals surface area (Å²) in [6.45, 7) is 1.91. The van der Waals surface area contributed by atoms with Crippen LogP contribution in [-0.2, 0) is 9.59 Å². The zero-order valence-corrected chi connectivity index (χ0v) is 12.3. The molecule has 1 aliphatic carbocycles. The smallest absolute Gasteiger partial charge is 0.328 e. The maximum Gasteiger partial charge on any atom is 0.328 e. The topological polar surface area (TPSA) is 66.4 Å². The van der Waals surface area contributed by atoms with Gasteiger partial charge in [0.2, 0.25) is 5.91 Å². The number of aryl methyl sites for hydroxylation is 1. The first-order chi connectivity index (χ1) is 10.0. The molecule has 1 fully saturated rings. The van der Waals surface area contributed by atoms with Crippen molar-refractivity contribution in [3.05, 3.63) is 35.4 Å². The Kier molecular flexibility index (Phi) is 5.14. The van der Waals surface area contributed by atoms with Gasteiger partial charge in [-0.1, -0.05) is 18.9 Å². The fourth-order valence-electron chi connectivity index (χ4n) is 2.75. The summed E-state index contributed by atoms with van der Waals surface area (Å²) in [6, 6.07) is 5.54. The molecule has 0 saturated heterocycles. The zero-order valence-electron chi connectivity index (χ0n) is 12.3. The average molecular weight is 287 g/mol. The predicted octanol–water partition coefficient (Wildman–Crippen LogP) is 3.61. The fourth-order valence-corrected chi connectivity index (χ4v) is 2.75. The SMILES string of the molecule is Cc1ccc(NC(=O)CC2CCCC2)cc1C=CC(=O)O. The molecule has 0 bridgehead atoms. The summed E-state index contributed by atoms with van der Waals surface area (Å²) in [5, 5.41) is 11.6. The monoisotopic (exact) mass is 287 g/mol. The highest BCUT2D eigenvalue weighted by Gasteiger charge is 2.18. The molecule has 4 nitrogen and oxygen atoms in total. The summed E-state index contributed by atoms with van der Waals surface area (Å²) in [4.78, 5) is 22.6. The fraction of sp³-hybridized carbons (Fsp3) is 0.412. The van der Waals surface area contributed by atoms with Crippen LogP contribution in [0.15, 0.2) is 24.3 Å². The number of carbonyl (C=O) groups is 2. The van der Waals surface area contributed by atoms with Gasteiger partial charge in [0.15, 0.2) is 0 Å². The van der Waals surface area contributed by atoms with Crippen molar-refractivity contribution in [2.75, 3.05) is 5.32 Å². The number of benzene rings is 1. The number of carboxylic acid groups (broad SMARTS) is 1. The quantitative estimate of drug-likeness (QED) is 0.813. The molecule has 0 aromatic heterocycles. The summed E-state index contributed by atoms with van der Waals surface area (Å²) in [5.74, 6) is -0.425. The van der Waals surface area contributed by atoms with E-state index in [-0.39, 0.29) is 5.91 Å². The third kappa shape index (κ3) is 4.74. The van der Waals surface area contributed by atoms with Crippen molar-refractivity contribution < 1.29 is 14.7 Å². The molecule has 0 heterocycles. The van der Waals surface area contributed by atoms with Gasteiger partial charge in [0.1, 0.15) is 0 Å². The lowest BCUT2D eigenvalue weighted by Gasteiger charge is -2.11. The second kappa shape index (κ2) is 7.07. The molecule has 0 spiro atoms. The Labute approximate surface area is 124 Å². The number of aliphatic carboxylic acids is 1. The summed E-state index contributed by atoms with van der Waals surface area (Å²) in [7, 11) is 0. The number of amides is 1. The van der Waals surface area contributed by atoms with E-state index in [4.69, 9.17) is 5.11 Å². The maximum absolute atomic E-state index is 12.0. The van der Waals surface area contributed by atoms with Crippen molar-refractivity contribution in [3.63, 3.8) is 0 Å². The molecule has 0 aliphatic heterocycles. The van der Waals surface area contributed by atoms with Crippen LogP contribution in [0.1, 0.15) is 43.2 Å². The molecule has 112 valence electrons. The van der Waals surface area contributed by atoms with Crippen molar-refractivity contribution in [1.29, 1.82) is 0 Å². The lowest BCUT2D eigenvalue weighted by atomic mass is 10.0. The Morgan fingerprint density at radius 2 is 2.05 bits per heavy atom. The van der Waals surface area contributed by atoms with E-state index < -0.39 is 5.97 Å². The second-order valence-electron chi connectivity index (χ2n) is 5.65. The van der Waals surface area contributed by atoms with Gasteiger partial charge < -0.3 is 10.4 Å². The Bertz CT molecular complexity index is 557. The normalized spacial score (nSPS) is 15.5. The van der Waals surface area contributed by atoms with Gasteiger partial charge in [0, 0.05) is 18.2 Å². The molecule has 1 amide bonds. The van der Waals surface area contributed by atoms with Crippen LogP contribution in [0.4, 0.5) is 5.69 Å². The minimum absolute atomic E-state index is 0.0407. The standard InChI is InChI=1S/C17H21NO3/c1-12-6-8-15(11-14(12)7-9-17(20)21)18-16(19)10-13-4-2-3-5-13/h6-9,11,13H,2-5,10H2,1H3,(H,18,19)(H,20,21). The maximum atomic E-state index is 12.0. The van der Waals surface area contributed by atoms with E-state index in [1.54, 1.807) is 12.1 Å². The van der Waals surface area contributed by atoms with Gasteiger partial charge in [0.05, 0.1) is 0 Å². The van der Waals surface area contributed by atoms with Gasteiger partial charge >= 0.3 is 5.97 Å². The number of carboxylic acids is 1. The molecule has 1 aromatic carbocycles. The summed E-state index contributed by atoms with van der Waals surface area (Å²) in [6.07, 6.45) is 7.98. The van der Waals surface area contributed by atoms with Crippen LogP contribution in [0, 0.1) is 12.8 Å². The van der Waals surface area contributed by atoms with Gasteiger partial charge in [-0.3, -0.25) is 4.79 Å². The third-order valence-electron chi connectivity index (χ3n) is 3.92. The number of rotatable bonds is 5. The van der Waals surface area contributed by atoms with Crippen LogP contribution in [0.25, 0.3) is 6.08 Å². The molecular weight excluding hydrogens is 266 g/mol. The lowest BCUT2D eigenvalue weighted by molar-refractivity contribution is -0.131. The summed E-state index contributed by atoms with van der Waals surface area (Å²) >= 11 is 0. The van der Waals surface area contributed by atoms with Gasteiger partial charge in [-0.05, 0) is 55.0 Å². The van der Waals surface area contributed by atoms with E-state index in [0.29, 0.717) is 18.0 Å². The van der Waals surface area contributed by atoms with Gasteiger partial charge in [-0.2, -0.15) is 0 Å². The van der Waals surface area contributed by atoms with Crippen LogP contribution < -0.4 is 5.32 Å². The molecule has 21 heavy (non-hydrogen) atoms. The molecule has 2 N–H and O–H groups in total. The van der Waals surface area contributed by atoms with Crippen LogP contribution in [-0.4, -0.2) is 17.0 Å². The van der Waals surface area contributed by atoms with Crippen LogP contribution in [0.2, 0.25) is 0 Å². The van der Waals surface area contributed by atoms with Gasteiger partial charge in [-0.25, -0.2) is 4.79 Å². The number of carbonyl (C=O) groups excluding carboxylic acids is 1. The van der Waals surface area contributed by atoms with E-state index in [2.05, 4.69) is 5.32 Å². The molecular formula is C17H21NO3. The summed E-state index contributed by atoms with van der Waals surface area (Å²) < 4.78 is 0. The largest absolute Gasteiger partial charge is 0.478 e. The zero-order chi connectivity index (χ0) is 15.2. The van der Waals surface area contributed by atoms with Crippen LogP contribution in [0.3, 0.4) is 0 Å². The molecule has 1 aliphatic rings. The van der Waals surface area contributed by atoms with Crippen molar-refractivity contribution in [1.82, 2.24) is 0 Å². The van der Waals surface area contributed by atoms with E-state index in [1.807, 2.05) is 19.1 Å². The van der Waals surface area contributed by atoms with Gasteiger partial charge in [-0.15, -0.1) is 0 Å². The summed E-state index contributed by atoms with van der Waals surface area (Å²) in [5.41, 5.74) is 2.49. The number of nitrogens with one attached hydrogen (secondary N) is 1. The highest BCUT2D eigenvalue weighted by molar-refractivity contribution is 5.91. The molecule has 0 unspecified atom stereocenters. The lowest BCUT2D eigenvalue weighted by Crippen LogP contribution is -2.15. The molecule has 0 radical (unpaired) electrons. The molecule has 2 rings (SSSR count). The third-order valence-corrected chi connectivity index (χ3v) is 3.92. The Hall–Kier alpha value is -2.10. The van der Waals surface area contributed by atoms with E-state index in [9.17, 15) is 9.59 Å². The highest BCUT2D eigenvalue weighted by atomic mass is 16.4.